The lowest BCUT2D eigenvalue weighted by Gasteiger charge is -2.27. The van der Waals surface area contributed by atoms with Crippen molar-refractivity contribution in [3.05, 3.63) is 33.5 Å². The molecular formula is C15H14BrFN2O4. The SMILES string of the molecule is CC.O=C1CCC(N2C(=O)c3ccc(Br)c(F)c3C2=O)C(=O)N1. The number of carbonyl (C=O) groups is 4. The van der Waals surface area contributed by atoms with E-state index in [4.69, 9.17) is 0 Å². The van der Waals surface area contributed by atoms with Gasteiger partial charge in [0.1, 0.15) is 6.04 Å². The predicted molar refractivity (Wildman–Crippen MR) is 82.1 cm³/mol. The number of nitrogens with one attached hydrogen (secondary N) is 1. The molecule has 1 atom stereocenters. The van der Waals surface area contributed by atoms with Crippen LogP contribution in [0.5, 0.6) is 0 Å². The third kappa shape index (κ3) is 2.78. The molecule has 2 aliphatic heterocycles. The van der Waals surface area contributed by atoms with Crippen LogP contribution in [0.3, 0.4) is 0 Å². The Labute approximate surface area is 140 Å². The number of piperidine rings is 1. The van der Waals surface area contributed by atoms with Gasteiger partial charge in [0.15, 0.2) is 5.82 Å². The van der Waals surface area contributed by atoms with Gasteiger partial charge < -0.3 is 0 Å². The standard InChI is InChI=1S/C13H8BrFN2O4.C2H6/c14-6-2-1-5-9(10(6)15)13(21)17(12(5)20)7-3-4-8(18)16-11(7)19;1-2/h1-2,7H,3-4H2,(H,16,18,19);1-2H3. The van der Waals surface area contributed by atoms with Crippen LogP contribution in [0.1, 0.15) is 47.4 Å². The van der Waals surface area contributed by atoms with Gasteiger partial charge in [-0.1, -0.05) is 13.8 Å². The lowest BCUT2D eigenvalue weighted by Crippen LogP contribution is -2.54. The van der Waals surface area contributed by atoms with Crippen LogP contribution in [0.15, 0.2) is 16.6 Å². The predicted octanol–water partition coefficient (Wildman–Crippen LogP) is 2.02. The molecule has 6 nitrogen and oxygen atoms in total. The summed E-state index contributed by atoms with van der Waals surface area (Å²) < 4.78 is 14.1. The summed E-state index contributed by atoms with van der Waals surface area (Å²) in [5.41, 5.74) is -0.426. The summed E-state index contributed by atoms with van der Waals surface area (Å²) in [6.07, 6.45) is 0.0644. The average molecular weight is 385 g/mol. The van der Waals surface area contributed by atoms with Gasteiger partial charge in [-0.2, -0.15) is 0 Å². The molecule has 1 unspecified atom stereocenters. The van der Waals surface area contributed by atoms with Crippen molar-refractivity contribution in [1.82, 2.24) is 10.2 Å². The van der Waals surface area contributed by atoms with Gasteiger partial charge in [-0.05, 0) is 34.5 Å². The maximum absolute atomic E-state index is 14.0. The van der Waals surface area contributed by atoms with E-state index in [9.17, 15) is 23.6 Å². The monoisotopic (exact) mass is 384 g/mol. The van der Waals surface area contributed by atoms with Gasteiger partial charge in [-0.3, -0.25) is 29.4 Å². The van der Waals surface area contributed by atoms with Crippen LogP contribution >= 0.6 is 15.9 Å². The van der Waals surface area contributed by atoms with Crippen molar-refractivity contribution in [2.45, 2.75) is 32.7 Å². The van der Waals surface area contributed by atoms with Crippen LogP contribution in [0.4, 0.5) is 4.39 Å². The molecule has 1 saturated heterocycles. The van der Waals surface area contributed by atoms with E-state index in [0.29, 0.717) is 0 Å². The third-order valence-electron chi connectivity index (χ3n) is 3.50. The molecular weight excluding hydrogens is 371 g/mol. The molecule has 2 aliphatic rings. The fraction of sp³-hybridized carbons (Fsp3) is 0.333. The molecule has 8 heteroatoms. The average Bonchev–Trinajstić information content (AvgIpc) is 2.77. The number of carbonyl (C=O) groups excluding carboxylic acids is 4. The largest absolute Gasteiger partial charge is 0.295 e. The van der Waals surface area contributed by atoms with Crippen molar-refractivity contribution in [3.8, 4) is 0 Å². The van der Waals surface area contributed by atoms with Crippen molar-refractivity contribution < 1.29 is 23.6 Å². The Morgan fingerprint density at radius 3 is 2.43 bits per heavy atom. The molecule has 0 radical (unpaired) electrons. The topological polar surface area (TPSA) is 83.6 Å². The number of rotatable bonds is 1. The molecule has 0 aliphatic carbocycles. The number of hydrogen-bond donors (Lipinski definition) is 1. The van der Waals surface area contributed by atoms with Gasteiger partial charge in [-0.15, -0.1) is 0 Å². The quantitative estimate of drug-likeness (QED) is 0.750. The van der Waals surface area contributed by atoms with Gasteiger partial charge in [0.05, 0.1) is 15.6 Å². The highest BCUT2D eigenvalue weighted by Crippen LogP contribution is 2.32. The van der Waals surface area contributed by atoms with E-state index in [0.717, 1.165) is 4.90 Å². The van der Waals surface area contributed by atoms with Gasteiger partial charge in [-0.25, -0.2) is 4.39 Å². The minimum atomic E-state index is -1.09. The van der Waals surface area contributed by atoms with Crippen molar-refractivity contribution in [3.63, 3.8) is 0 Å². The van der Waals surface area contributed by atoms with Crippen molar-refractivity contribution in [2.75, 3.05) is 0 Å². The molecule has 1 aromatic carbocycles. The Morgan fingerprint density at radius 2 is 1.83 bits per heavy atom. The Morgan fingerprint density at radius 1 is 1.17 bits per heavy atom. The minimum absolute atomic E-state index is 0.0238. The summed E-state index contributed by atoms with van der Waals surface area (Å²) in [6, 6.07) is 1.57. The zero-order chi connectivity index (χ0) is 17.3. The highest BCUT2D eigenvalue weighted by Gasteiger charge is 2.46. The van der Waals surface area contributed by atoms with E-state index < -0.39 is 35.5 Å². The van der Waals surface area contributed by atoms with E-state index in [1.54, 1.807) is 0 Å². The second-order valence-electron chi connectivity index (χ2n) is 4.73. The zero-order valence-electron chi connectivity index (χ0n) is 12.5. The fourth-order valence-electron chi connectivity index (χ4n) is 2.49. The number of nitrogens with zero attached hydrogens (tertiary/aromatic N) is 1. The summed E-state index contributed by atoms with van der Waals surface area (Å²) >= 11 is 2.95. The van der Waals surface area contributed by atoms with Crippen LogP contribution < -0.4 is 5.32 Å². The number of fused-ring (bicyclic) bond motifs is 1. The number of halogens is 2. The Hall–Kier alpha value is -2.09. The van der Waals surface area contributed by atoms with Crippen LogP contribution in [-0.2, 0) is 9.59 Å². The van der Waals surface area contributed by atoms with Crippen molar-refractivity contribution in [2.24, 2.45) is 0 Å². The summed E-state index contributed by atoms with van der Waals surface area (Å²) in [7, 11) is 0. The molecule has 2 heterocycles. The van der Waals surface area contributed by atoms with Gasteiger partial charge in [0.25, 0.3) is 11.8 Å². The number of benzene rings is 1. The molecule has 23 heavy (non-hydrogen) atoms. The van der Waals surface area contributed by atoms with E-state index in [-0.39, 0.29) is 28.4 Å². The van der Waals surface area contributed by atoms with Crippen molar-refractivity contribution in [1.29, 1.82) is 0 Å². The summed E-state index contributed by atoms with van der Waals surface area (Å²) in [5.74, 6) is -3.60. The molecule has 1 fully saturated rings. The second-order valence-corrected chi connectivity index (χ2v) is 5.59. The summed E-state index contributed by atoms with van der Waals surface area (Å²) in [4.78, 5) is 48.2. The lowest BCUT2D eigenvalue weighted by molar-refractivity contribution is -0.136. The van der Waals surface area contributed by atoms with Crippen LogP contribution in [0.25, 0.3) is 0 Å². The molecule has 0 saturated carbocycles. The first-order chi connectivity index (χ1) is 10.9. The smallest absolute Gasteiger partial charge is 0.265 e. The van der Waals surface area contributed by atoms with Crippen molar-refractivity contribution >= 4 is 39.6 Å². The maximum Gasteiger partial charge on any atom is 0.265 e. The van der Waals surface area contributed by atoms with Gasteiger partial charge in [0.2, 0.25) is 11.8 Å². The van der Waals surface area contributed by atoms with Crippen LogP contribution in [0.2, 0.25) is 0 Å². The van der Waals surface area contributed by atoms with E-state index in [1.807, 2.05) is 13.8 Å². The first kappa shape index (κ1) is 17.3. The van der Waals surface area contributed by atoms with Gasteiger partial charge >= 0.3 is 0 Å². The van der Waals surface area contributed by atoms with E-state index in [1.165, 1.54) is 12.1 Å². The fourth-order valence-corrected chi connectivity index (χ4v) is 2.82. The van der Waals surface area contributed by atoms with Crippen LogP contribution in [0, 0.1) is 5.82 Å². The molecule has 3 rings (SSSR count). The number of imide groups is 2. The second kappa shape index (κ2) is 6.57. The zero-order valence-corrected chi connectivity index (χ0v) is 14.1. The summed E-state index contributed by atoms with van der Waals surface area (Å²) in [6.45, 7) is 4.00. The molecule has 4 amide bonds. The number of amides is 4. The summed E-state index contributed by atoms with van der Waals surface area (Å²) in [5, 5.41) is 2.07. The molecule has 0 bridgehead atoms. The highest BCUT2D eigenvalue weighted by molar-refractivity contribution is 9.10. The Bertz CT molecular complexity index is 720. The highest BCUT2D eigenvalue weighted by atomic mass is 79.9. The Kier molecular flexibility index (Phi) is 4.93. The minimum Gasteiger partial charge on any atom is -0.295 e. The molecule has 1 aromatic rings. The molecule has 1 N–H and O–H groups in total. The lowest BCUT2D eigenvalue weighted by atomic mass is 10.0. The Balaban J connectivity index is 0.000000924. The number of hydrogen-bond acceptors (Lipinski definition) is 4. The van der Waals surface area contributed by atoms with Gasteiger partial charge in [0, 0.05) is 6.42 Å². The first-order valence-electron chi connectivity index (χ1n) is 7.11. The maximum atomic E-state index is 14.0. The van der Waals surface area contributed by atoms with Crippen LogP contribution in [-0.4, -0.2) is 34.6 Å². The molecule has 0 spiro atoms. The molecule has 0 aromatic heterocycles. The van der Waals surface area contributed by atoms with E-state index >= 15 is 0 Å². The first-order valence-corrected chi connectivity index (χ1v) is 7.90. The van der Waals surface area contributed by atoms with E-state index in [2.05, 4.69) is 21.2 Å². The molecule has 122 valence electrons. The third-order valence-corrected chi connectivity index (χ3v) is 4.11. The normalized spacial score (nSPS) is 20.0.